The molecule has 6 atom stereocenters. The number of fused-ring (bicyclic) bond motifs is 4. The van der Waals surface area contributed by atoms with E-state index in [4.69, 9.17) is 9.57 Å². The fourth-order valence-corrected chi connectivity index (χ4v) is 6.00. The van der Waals surface area contributed by atoms with Crippen LogP contribution in [0, 0.1) is 17.8 Å². The number of rotatable bonds is 2. The van der Waals surface area contributed by atoms with Crippen LogP contribution in [0.5, 0.6) is 0 Å². The van der Waals surface area contributed by atoms with Crippen LogP contribution in [0.15, 0.2) is 30.3 Å². The minimum absolute atomic E-state index is 0.174. The molecule has 4 heteroatoms. The molecule has 1 aliphatic carbocycles. The monoisotopic (exact) mass is 356 g/mol. The van der Waals surface area contributed by atoms with E-state index in [0.29, 0.717) is 24.0 Å². The Labute approximate surface area is 157 Å². The molecule has 3 heterocycles. The van der Waals surface area contributed by atoms with E-state index in [1.54, 1.807) is 0 Å². The Kier molecular flexibility index (Phi) is 4.16. The summed E-state index contributed by atoms with van der Waals surface area (Å²) in [6, 6.07) is 11.0. The lowest BCUT2D eigenvalue weighted by molar-refractivity contribution is -0.257. The largest absolute Gasteiger partial charge is 0.358 e. The van der Waals surface area contributed by atoms with E-state index < -0.39 is 0 Å². The minimum atomic E-state index is 0.174. The predicted octanol–water partition coefficient (Wildman–Crippen LogP) is 3.67. The highest BCUT2D eigenvalue weighted by molar-refractivity contribution is 5.15. The molecular formula is C22H32N2O2. The summed E-state index contributed by atoms with van der Waals surface area (Å²) in [7, 11) is 0. The predicted molar refractivity (Wildman–Crippen MR) is 101 cm³/mol. The van der Waals surface area contributed by atoms with Crippen LogP contribution in [0.25, 0.3) is 0 Å². The fraction of sp³-hybridized carbons (Fsp3) is 0.727. The lowest BCUT2D eigenvalue weighted by Gasteiger charge is -2.56. The zero-order valence-electron chi connectivity index (χ0n) is 16.3. The lowest BCUT2D eigenvalue weighted by Crippen LogP contribution is -2.65. The highest BCUT2D eigenvalue weighted by Gasteiger charge is 2.60. The summed E-state index contributed by atoms with van der Waals surface area (Å²) in [6.07, 6.45) is 4.46. The van der Waals surface area contributed by atoms with Gasteiger partial charge in [0.1, 0.15) is 6.23 Å². The Morgan fingerprint density at radius 1 is 1.15 bits per heavy atom. The summed E-state index contributed by atoms with van der Waals surface area (Å²) in [4.78, 5) is 8.79. The first kappa shape index (κ1) is 17.2. The van der Waals surface area contributed by atoms with Crippen molar-refractivity contribution in [3.05, 3.63) is 35.9 Å². The molecular weight excluding hydrogens is 324 g/mol. The van der Waals surface area contributed by atoms with Gasteiger partial charge in [0.2, 0.25) is 0 Å². The summed E-state index contributed by atoms with van der Waals surface area (Å²) >= 11 is 0. The minimum Gasteiger partial charge on any atom is -0.358 e. The van der Waals surface area contributed by atoms with Crippen molar-refractivity contribution in [1.82, 2.24) is 9.96 Å². The van der Waals surface area contributed by atoms with Crippen molar-refractivity contribution >= 4 is 0 Å². The molecule has 142 valence electrons. The Hall–Kier alpha value is -0.940. The molecule has 0 unspecified atom stereocenters. The van der Waals surface area contributed by atoms with Crippen LogP contribution >= 0.6 is 0 Å². The molecule has 0 N–H and O–H groups in total. The first-order valence-electron chi connectivity index (χ1n) is 10.4. The average molecular weight is 357 g/mol. The zero-order chi connectivity index (χ0) is 17.9. The number of hydrogen-bond donors (Lipinski definition) is 0. The number of benzene rings is 1. The molecule has 3 aliphatic heterocycles. The maximum atomic E-state index is 6.81. The summed E-state index contributed by atoms with van der Waals surface area (Å²) in [5.41, 5.74) is 1.53. The molecule has 1 aromatic rings. The van der Waals surface area contributed by atoms with Gasteiger partial charge in [-0.05, 0) is 38.2 Å². The average Bonchev–Trinajstić information content (AvgIpc) is 3.17. The highest BCUT2D eigenvalue weighted by Crippen LogP contribution is 2.50. The molecule has 26 heavy (non-hydrogen) atoms. The third-order valence-corrected chi connectivity index (χ3v) is 7.50. The molecule has 0 radical (unpaired) electrons. The van der Waals surface area contributed by atoms with Gasteiger partial charge in [-0.3, -0.25) is 9.74 Å². The van der Waals surface area contributed by atoms with Gasteiger partial charge in [0, 0.05) is 30.5 Å². The van der Waals surface area contributed by atoms with Gasteiger partial charge in [-0.25, -0.2) is 0 Å². The lowest BCUT2D eigenvalue weighted by atomic mass is 9.70. The molecule has 3 saturated heterocycles. The van der Waals surface area contributed by atoms with E-state index in [1.807, 2.05) is 0 Å². The molecule has 0 aromatic heterocycles. The van der Waals surface area contributed by atoms with Gasteiger partial charge in [-0.2, -0.15) is 5.06 Å². The van der Waals surface area contributed by atoms with Gasteiger partial charge in [-0.1, -0.05) is 43.7 Å². The molecule has 0 amide bonds. The SMILES string of the molecule is C[C@@H]1CC[C@@H]2[C@@H](C1)O[C@H]1[C@H]3[C@H](CON3Cc3ccccc3)CN1C2(C)C. The van der Waals surface area contributed by atoms with Gasteiger partial charge in [-0.15, -0.1) is 0 Å². The topological polar surface area (TPSA) is 24.9 Å². The van der Waals surface area contributed by atoms with E-state index in [0.717, 1.165) is 25.6 Å². The fourth-order valence-electron chi connectivity index (χ4n) is 6.00. The molecule has 4 aliphatic rings. The van der Waals surface area contributed by atoms with Gasteiger partial charge in [0.15, 0.2) is 0 Å². The van der Waals surface area contributed by atoms with Crippen molar-refractivity contribution in [2.45, 2.75) is 70.5 Å². The van der Waals surface area contributed by atoms with Gasteiger partial charge in [0.05, 0.1) is 18.8 Å². The summed E-state index contributed by atoms with van der Waals surface area (Å²) < 4.78 is 6.81. The first-order valence-corrected chi connectivity index (χ1v) is 10.4. The Morgan fingerprint density at radius 3 is 2.77 bits per heavy atom. The summed E-state index contributed by atoms with van der Waals surface area (Å²) in [6.45, 7) is 10.1. The molecule has 4 nitrogen and oxygen atoms in total. The van der Waals surface area contributed by atoms with Crippen LogP contribution in [0.4, 0.5) is 0 Å². The Bertz CT molecular complexity index is 649. The van der Waals surface area contributed by atoms with Crippen LogP contribution in [-0.4, -0.2) is 47.0 Å². The molecule has 0 spiro atoms. The van der Waals surface area contributed by atoms with Crippen molar-refractivity contribution < 1.29 is 9.57 Å². The second-order valence-corrected chi connectivity index (χ2v) is 9.50. The second kappa shape index (κ2) is 6.30. The highest BCUT2D eigenvalue weighted by atomic mass is 16.7. The molecule has 1 aromatic carbocycles. The van der Waals surface area contributed by atoms with Crippen molar-refractivity contribution in [3.8, 4) is 0 Å². The van der Waals surface area contributed by atoms with Crippen LogP contribution in [0.2, 0.25) is 0 Å². The number of hydroxylamine groups is 2. The van der Waals surface area contributed by atoms with Crippen molar-refractivity contribution in [1.29, 1.82) is 0 Å². The number of ether oxygens (including phenoxy) is 1. The third-order valence-electron chi connectivity index (χ3n) is 7.50. The van der Waals surface area contributed by atoms with E-state index in [2.05, 4.69) is 61.1 Å². The van der Waals surface area contributed by atoms with E-state index in [9.17, 15) is 0 Å². The van der Waals surface area contributed by atoms with Crippen molar-refractivity contribution in [3.63, 3.8) is 0 Å². The van der Waals surface area contributed by atoms with Gasteiger partial charge < -0.3 is 4.74 Å². The van der Waals surface area contributed by atoms with Crippen LogP contribution in [0.3, 0.4) is 0 Å². The smallest absolute Gasteiger partial charge is 0.129 e. The second-order valence-electron chi connectivity index (χ2n) is 9.50. The van der Waals surface area contributed by atoms with Gasteiger partial charge >= 0.3 is 0 Å². The summed E-state index contributed by atoms with van der Waals surface area (Å²) in [5.74, 6) is 2.01. The third kappa shape index (κ3) is 2.65. The zero-order valence-corrected chi connectivity index (χ0v) is 16.3. The van der Waals surface area contributed by atoms with Crippen LogP contribution in [-0.2, 0) is 16.1 Å². The molecule has 5 rings (SSSR count). The van der Waals surface area contributed by atoms with Gasteiger partial charge in [0.25, 0.3) is 0 Å². The molecule has 0 bridgehead atoms. The van der Waals surface area contributed by atoms with E-state index >= 15 is 0 Å². The quantitative estimate of drug-likeness (QED) is 0.807. The Balaban J connectivity index is 1.40. The number of nitrogens with zero attached hydrogens (tertiary/aromatic N) is 2. The molecule has 1 saturated carbocycles. The van der Waals surface area contributed by atoms with Crippen molar-refractivity contribution in [2.24, 2.45) is 17.8 Å². The normalized spacial score (nSPS) is 42.3. The first-order chi connectivity index (χ1) is 12.5. The maximum absolute atomic E-state index is 6.81. The molecule has 4 fully saturated rings. The van der Waals surface area contributed by atoms with E-state index in [1.165, 1.54) is 24.8 Å². The Morgan fingerprint density at radius 2 is 1.96 bits per heavy atom. The van der Waals surface area contributed by atoms with Crippen LogP contribution in [0.1, 0.15) is 45.6 Å². The maximum Gasteiger partial charge on any atom is 0.129 e. The summed E-state index contributed by atoms with van der Waals surface area (Å²) in [5, 5.41) is 2.22. The number of hydrogen-bond acceptors (Lipinski definition) is 4. The van der Waals surface area contributed by atoms with Crippen molar-refractivity contribution in [2.75, 3.05) is 13.2 Å². The van der Waals surface area contributed by atoms with Crippen LogP contribution < -0.4 is 0 Å². The standard InChI is InChI=1S/C22H32N2O2/c1-15-9-10-18-19(11-15)26-21-20-17(13-23(21)22(18,2)3)14-25-24(20)12-16-7-5-4-6-8-16/h4-8,15,17-21H,9-14H2,1-3H3/t15-,17+,18-,19-,20-,21+/m1/s1. The van der Waals surface area contributed by atoms with E-state index in [-0.39, 0.29) is 11.8 Å².